The Morgan fingerprint density at radius 1 is 1.37 bits per heavy atom. The average molecular weight is 279 g/mol. The fourth-order valence-corrected chi connectivity index (χ4v) is 2.51. The SMILES string of the molecule is CCCc1cc2c(C)c([N+](=O)[O-])cc(C)c2nc1Cl. The molecule has 0 aliphatic carbocycles. The molecule has 5 heteroatoms. The fourth-order valence-electron chi connectivity index (χ4n) is 2.27. The van der Waals surface area contributed by atoms with Crippen LogP contribution in [-0.4, -0.2) is 9.91 Å². The molecule has 4 nitrogen and oxygen atoms in total. The highest BCUT2D eigenvalue weighted by atomic mass is 35.5. The molecular weight excluding hydrogens is 264 g/mol. The van der Waals surface area contributed by atoms with Gasteiger partial charge in [-0.1, -0.05) is 24.9 Å². The molecule has 19 heavy (non-hydrogen) atoms. The quantitative estimate of drug-likeness (QED) is 0.476. The van der Waals surface area contributed by atoms with Gasteiger partial charge in [0.2, 0.25) is 0 Å². The smallest absolute Gasteiger partial charge is 0.258 e. The number of hydrogen-bond donors (Lipinski definition) is 0. The van der Waals surface area contributed by atoms with Gasteiger partial charge in [-0.3, -0.25) is 10.1 Å². The van der Waals surface area contributed by atoms with Crippen LogP contribution in [-0.2, 0) is 6.42 Å². The molecule has 0 aliphatic rings. The fraction of sp³-hybridized carbons (Fsp3) is 0.357. The summed E-state index contributed by atoms with van der Waals surface area (Å²) in [5.41, 5.74) is 3.24. The van der Waals surface area contributed by atoms with E-state index >= 15 is 0 Å². The van der Waals surface area contributed by atoms with Gasteiger partial charge in [0.15, 0.2) is 0 Å². The van der Waals surface area contributed by atoms with Crippen molar-refractivity contribution in [2.75, 3.05) is 0 Å². The molecule has 0 amide bonds. The maximum atomic E-state index is 11.1. The van der Waals surface area contributed by atoms with Crippen LogP contribution in [0.5, 0.6) is 0 Å². The number of nitrogens with zero attached hydrogens (tertiary/aromatic N) is 2. The van der Waals surface area contributed by atoms with Gasteiger partial charge in [0, 0.05) is 17.0 Å². The Morgan fingerprint density at radius 3 is 2.63 bits per heavy atom. The van der Waals surface area contributed by atoms with Crippen molar-refractivity contribution in [1.29, 1.82) is 0 Å². The Kier molecular flexibility index (Phi) is 3.71. The third kappa shape index (κ3) is 2.40. The van der Waals surface area contributed by atoms with Crippen molar-refractivity contribution in [3.8, 4) is 0 Å². The summed E-state index contributed by atoms with van der Waals surface area (Å²) in [5.74, 6) is 0. The van der Waals surface area contributed by atoms with Crippen molar-refractivity contribution >= 4 is 28.2 Å². The van der Waals surface area contributed by atoms with Crippen molar-refractivity contribution in [1.82, 2.24) is 4.98 Å². The van der Waals surface area contributed by atoms with Crippen molar-refractivity contribution in [3.63, 3.8) is 0 Å². The van der Waals surface area contributed by atoms with Gasteiger partial charge in [0.05, 0.1) is 10.4 Å². The third-order valence-corrected chi connectivity index (χ3v) is 3.61. The second kappa shape index (κ2) is 5.13. The Labute approximate surface area is 116 Å². The van der Waals surface area contributed by atoms with Crippen LogP contribution in [0.2, 0.25) is 5.15 Å². The van der Waals surface area contributed by atoms with Crippen LogP contribution in [0, 0.1) is 24.0 Å². The van der Waals surface area contributed by atoms with E-state index in [9.17, 15) is 10.1 Å². The first-order valence-corrected chi connectivity index (χ1v) is 6.57. The number of aryl methyl sites for hydroxylation is 3. The van der Waals surface area contributed by atoms with Crippen molar-refractivity contribution in [2.24, 2.45) is 0 Å². The molecule has 0 N–H and O–H groups in total. The van der Waals surface area contributed by atoms with Crippen LogP contribution >= 0.6 is 11.6 Å². The summed E-state index contributed by atoms with van der Waals surface area (Å²) in [6, 6.07) is 3.49. The lowest BCUT2D eigenvalue weighted by Crippen LogP contribution is -1.98. The zero-order chi connectivity index (χ0) is 14.2. The van der Waals surface area contributed by atoms with Crippen LogP contribution in [0.25, 0.3) is 10.9 Å². The minimum atomic E-state index is -0.351. The van der Waals surface area contributed by atoms with Crippen LogP contribution in [0.15, 0.2) is 12.1 Å². The minimum Gasteiger partial charge on any atom is -0.258 e. The van der Waals surface area contributed by atoms with Gasteiger partial charge in [-0.15, -0.1) is 0 Å². The summed E-state index contributed by atoms with van der Waals surface area (Å²) in [4.78, 5) is 15.1. The van der Waals surface area contributed by atoms with E-state index in [1.165, 1.54) is 0 Å². The van der Waals surface area contributed by atoms with Crippen LogP contribution < -0.4 is 0 Å². The molecule has 1 aromatic heterocycles. The van der Waals surface area contributed by atoms with E-state index in [-0.39, 0.29) is 10.6 Å². The van der Waals surface area contributed by atoms with E-state index in [1.807, 2.05) is 13.0 Å². The normalized spacial score (nSPS) is 10.9. The zero-order valence-corrected chi connectivity index (χ0v) is 11.9. The van der Waals surface area contributed by atoms with Gasteiger partial charge >= 0.3 is 0 Å². The number of pyridine rings is 1. The van der Waals surface area contributed by atoms with Crippen molar-refractivity contribution in [2.45, 2.75) is 33.6 Å². The standard InChI is InChI=1S/C14H15ClN2O2/c1-4-5-10-7-11-9(3)12(17(18)19)6-8(2)13(11)16-14(10)15/h6-7H,4-5H2,1-3H3. The van der Waals surface area contributed by atoms with Gasteiger partial charge in [-0.25, -0.2) is 4.98 Å². The number of nitro groups is 1. The van der Waals surface area contributed by atoms with E-state index in [0.29, 0.717) is 10.7 Å². The van der Waals surface area contributed by atoms with Crippen LogP contribution in [0.1, 0.15) is 30.0 Å². The van der Waals surface area contributed by atoms with E-state index in [2.05, 4.69) is 11.9 Å². The molecular formula is C14H15ClN2O2. The topological polar surface area (TPSA) is 56.0 Å². The molecule has 0 fully saturated rings. The molecule has 0 radical (unpaired) electrons. The lowest BCUT2D eigenvalue weighted by Gasteiger charge is -2.10. The monoisotopic (exact) mass is 278 g/mol. The maximum Gasteiger partial charge on any atom is 0.273 e. The molecule has 0 bridgehead atoms. The Morgan fingerprint density at radius 2 is 2.05 bits per heavy atom. The second-order valence-corrected chi connectivity index (χ2v) is 5.04. The second-order valence-electron chi connectivity index (χ2n) is 4.68. The molecule has 0 atom stereocenters. The van der Waals surface area contributed by atoms with E-state index in [4.69, 9.17) is 11.6 Å². The zero-order valence-electron chi connectivity index (χ0n) is 11.2. The predicted octanol–water partition coefficient (Wildman–Crippen LogP) is 4.37. The summed E-state index contributed by atoms with van der Waals surface area (Å²) in [6.07, 6.45) is 1.78. The van der Waals surface area contributed by atoms with Gasteiger partial charge in [-0.05, 0) is 37.5 Å². The number of rotatable bonds is 3. The minimum absolute atomic E-state index is 0.136. The molecule has 0 spiro atoms. The van der Waals surface area contributed by atoms with Gasteiger partial charge in [0.25, 0.3) is 5.69 Å². The highest BCUT2D eigenvalue weighted by Crippen LogP contribution is 2.32. The van der Waals surface area contributed by atoms with E-state index < -0.39 is 0 Å². The number of aromatic nitrogens is 1. The molecule has 2 aromatic rings. The summed E-state index contributed by atoms with van der Waals surface area (Å²) >= 11 is 6.16. The lowest BCUT2D eigenvalue weighted by molar-refractivity contribution is -0.385. The average Bonchev–Trinajstić information content (AvgIpc) is 2.35. The molecule has 1 aromatic carbocycles. The molecule has 0 aliphatic heterocycles. The van der Waals surface area contributed by atoms with Gasteiger partial charge in [-0.2, -0.15) is 0 Å². The summed E-state index contributed by atoms with van der Waals surface area (Å²) < 4.78 is 0. The first-order chi connectivity index (χ1) is 8.95. The van der Waals surface area contributed by atoms with E-state index in [1.54, 1.807) is 13.0 Å². The molecule has 100 valence electrons. The van der Waals surface area contributed by atoms with Crippen LogP contribution in [0.4, 0.5) is 5.69 Å². The van der Waals surface area contributed by atoms with Gasteiger partial charge < -0.3 is 0 Å². The summed E-state index contributed by atoms with van der Waals surface area (Å²) in [5, 5.41) is 12.4. The molecule has 1 heterocycles. The maximum absolute atomic E-state index is 11.1. The molecule has 0 saturated heterocycles. The number of benzene rings is 1. The highest BCUT2D eigenvalue weighted by Gasteiger charge is 2.17. The van der Waals surface area contributed by atoms with Crippen LogP contribution in [0.3, 0.4) is 0 Å². The number of hydrogen-bond acceptors (Lipinski definition) is 3. The molecule has 0 unspecified atom stereocenters. The number of nitro benzene ring substituents is 1. The van der Waals surface area contributed by atoms with E-state index in [0.717, 1.165) is 34.9 Å². The lowest BCUT2D eigenvalue weighted by atomic mass is 10.0. The Hall–Kier alpha value is -1.68. The van der Waals surface area contributed by atoms with Crippen molar-refractivity contribution < 1.29 is 4.92 Å². The predicted molar refractivity (Wildman–Crippen MR) is 76.9 cm³/mol. The Bertz CT molecular complexity index is 668. The molecule has 2 rings (SSSR count). The largest absolute Gasteiger partial charge is 0.273 e. The summed E-state index contributed by atoms with van der Waals surface area (Å²) in [6.45, 7) is 5.63. The van der Waals surface area contributed by atoms with Crippen molar-refractivity contribution in [3.05, 3.63) is 44.1 Å². The number of fused-ring (bicyclic) bond motifs is 1. The molecule has 0 saturated carbocycles. The first-order valence-electron chi connectivity index (χ1n) is 6.19. The summed E-state index contributed by atoms with van der Waals surface area (Å²) in [7, 11) is 0. The third-order valence-electron chi connectivity index (χ3n) is 3.28. The number of halogens is 1. The first kappa shape index (κ1) is 13.7. The highest BCUT2D eigenvalue weighted by molar-refractivity contribution is 6.30. The van der Waals surface area contributed by atoms with Gasteiger partial charge in [0.1, 0.15) is 5.15 Å². The Balaban J connectivity index is 2.81.